The summed E-state index contributed by atoms with van der Waals surface area (Å²) in [6.45, 7) is 6.73. The average Bonchev–Trinajstić information content (AvgIpc) is 2.34. The highest BCUT2D eigenvalue weighted by Gasteiger charge is 2.21. The van der Waals surface area contributed by atoms with Gasteiger partial charge in [0.2, 0.25) is 0 Å². The highest BCUT2D eigenvalue weighted by atomic mass is 16.5. The smallest absolute Gasteiger partial charge is 0.126 e. The molecule has 18 heavy (non-hydrogen) atoms. The number of hydrogen-bond acceptors (Lipinski definition) is 4. The maximum Gasteiger partial charge on any atom is 0.126 e. The van der Waals surface area contributed by atoms with Gasteiger partial charge in [-0.1, -0.05) is 20.8 Å². The molecule has 4 nitrogen and oxygen atoms in total. The number of nitrogens with two attached hydrogens (primary N) is 1. The van der Waals surface area contributed by atoms with Gasteiger partial charge in [-0.05, 0) is 5.41 Å². The molecule has 0 aliphatic rings. The Morgan fingerprint density at radius 1 is 1.00 bits per heavy atom. The second kappa shape index (κ2) is 5.96. The van der Waals surface area contributed by atoms with Crippen LogP contribution in [-0.4, -0.2) is 26.9 Å². The molecule has 0 aromatic heterocycles. The Morgan fingerprint density at radius 3 is 1.83 bits per heavy atom. The maximum absolute atomic E-state index is 6.05. The number of benzene rings is 1. The normalized spacial score (nSPS) is 13.0. The molecule has 0 aliphatic carbocycles. The molecule has 0 aliphatic heterocycles. The topological polar surface area (TPSA) is 53.7 Å². The molecule has 102 valence electrons. The Hall–Kier alpha value is -1.42. The number of hydrogen-bond donors (Lipinski definition) is 1. The molecule has 0 fully saturated rings. The quantitative estimate of drug-likeness (QED) is 0.875. The van der Waals surface area contributed by atoms with Gasteiger partial charge in [0, 0.05) is 24.2 Å². The van der Waals surface area contributed by atoms with Crippen LogP contribution in [0.2, 0.25) is 0 Å². The molecular weight excluding hydrogens is 230 g/mol. The Bertz CT molecular complexity index is 363. The van der Waals surface area contributed by atoms with Crippen molar-refractivity contribution in [2.75, 3.05) is 20.8 Å². The summed E-state index contributed by atoms with van der Waals surface area (Å²) in [4.78, 5) is 0. The van der Waals surface area contributed by atoms with Gasteiger partial charge >= 0.3 is 0 Å². The Labute approximate surface area is 109 Å². The van der Waals surface area contributed by atoms with E-state index in [0.29, 0.717) is 23.9 Å². The lowest BCUT2D eigenvalue weighted by Gasteiger charge is -2.26. The number of ether oxygens (including phenoxy) is 3. The zero-order chi connectivity index (χ0) is 13.8. The molecule has 1 atom stereocenters. The highest BCUT2D eigenvalue weighted by Crippen LogP contribution is 2.28. The van der Waals surface area contributed by atoms with Crippen molar-refractivity contribution in [1.29, 1.82) is 0 Å². The predicted molar refractivity (Wildman–Crippen MR) is 72.5 cm³/mol. The van der Waals surface area contributed by atoms with Gasteiger partial charge in [0.1, 0.15) is 23.9 Å². The van der Waals surface area contributed by atoms with Crippen LogP contribution in [0.1, 0.15) is 20.8 Å². The maximum atomic E-state index is 6.05. The minimum atomic E-state index is -0.0327. The summed E-state index contributed by atoms with van der Waals surface area (Å²) in [5.41, 5.74) is 6.07. The fourth-order valence-corrected chi connectivity index (χ4v) is 1.30. The van der Waals surface area contributed by atoms with Gasteiger partial charge in [-0.25, -0.2) is 0 Å². The summed E-state index contributed by atoms with van der Waals surface area (Å²) in [6.07, 6.45) is 0. The monoisotopic (exact) mass is 253 g/mol. The van der Waals surface area contributed by atoms with E-state index in [1.54, 1.807) is 20.3 Å². The van der Waals surface area contributed by atoms with Crippen LogP contribution in [0, 0.1) is 5.41 Å². The summed E-state index contributed by atoms with van der Waals surface area (Å²) >= 11 is 0. The highest BCUT2D eigenvalue weighted by molar-refractivity contribution is 5.42. The molecule has 0 saturated heterocycles. The molecule has 0 saturated carbocycles. The van der Waals surface area contributed by atoms with Gasteiger partial charge in [-0.2, -0.15) is 0 Å². The first-order valence-electron chi connectivity index (χ1n) is 5.98. The third-order valence-corrected chi connectivity index (χ3v) is 2.87. The van der Waals surface area contributed by atoms with Crippen LogP contribution in [-0.2, 0) is 0 Å². The fraction of sp³-hybridized carbons (Fsp3) is 0.571. The molecule has 2 N–H and O–H groups in total. The molecule has 4 heteroatoms. The van der Waals surface area contributed by atoms with Crippen molar-refractivity contribution in [3.8, 4) is 17.2 Å². The van der Waals surface area contributed by atoms with Crippen molar-refractivity contribution in [2.24, 2.45) is 11.1 Å². The van der Waals surface area contributed by atoms with Crippen LogP contribution in [0.25, 0.3) is 0 Å². The predicted octanol–water partition coefficient (Wildman–Crippen LogP) is 2.46. The third-order valence-electron chi connectivity index (χ3n) is 2.87. The lowest BCUT2D eigenvalue weighted by atomic mass is 9.88. The van der Waals surface area contributed by atoms with Gasteiger partial charge in [-0.15, -0.1) is 0 Å². The standard InChI is InChI=1S/C14H23NO3/c1-14(2,3)13(15)9-18-12-7-10(16-4)6-11(8-12)17-5/h6-8,13H,9,15H2,1-5H3. The van der Waals surface area contributed by atoms with Crippen LogP contribution in [0.5, 0.6) is 17.2 Å². The SMILES string of the molecule is COc1cc(OC)cc(OCC(N)C(C)(C)C)c1. The van der Waals surface area contributed by atoms with Crippen molar-refractivity contribution in [3.05, 3.63) is 18.2 Å². The van der Waals surface area contributed by atoms with E-state index < -0.39 is 0 Å². The zero-order valence-electron chi connectivity index (χ0n) is 11.8. The second-order valence-electron chi connectivity index (χ2n) is 5.33. The Kier molecular flexibility index (Phi) is 4.84. The van der Waals surface area contributed by atoms with Crippen molar-refractivity contribution >= 4 is 0 Å². The molecule has 0 heterocycles. The Balaban J connectivity index is 2.72. The van der Waals surface area contributed by atoms with Gasteiger partial charge in [0.15, 0.2) is 0 Å². The van der Waals surface area contributed by atoms with E-state index >= 15 is 0 Å². The van der Waals surface area contributed by atoms with Crippen LogP contribution < -0.4 is 19.9 Å². The zero-order valence-corrected chi connectivity index (χ0v) is 11.8. The van der Waals surface area contributed by atoms with Gasteiger partial charge in [-0.3, -0.25) is 0 Å². The molecule has 1 aromatic rings. The second-order valence-corrected chi connectivity index (χ2v) is 5.33. The molecule has 1 rings (SSSR count). The van der Waals surface area contributed by atoms with Crippen LogP contribution in [0.15, 0.2) is 18.2 Å². The van der Waals surface area contributed by atoms with Gasteiger partial charge < -0.3 is 19.9 Å². The van der Waals surface area contributed by atoms with Crippen molar-refractivity contribution in [2.45, 2.75) is 26.8 Å². The van der Waals surface area contributed by atoms with Crippen molar-refractivity contribution < 1.29 is 14.2 Å². The minimum Gasteiger partial charge on any atom is -0.496 e. The third kappa shape index (κ3) is 4.11. The van der Waals surface area contributed by atoms with E-state index in [-0.39, 0.29) is 11.5 Å². The van der Waals surface area contributed by atoms with E-state index in [1.165, 1.54) is 0 Å². The first-order valence-corrected chi connectivity index (χ1v) is 5.98. The van der Waals surface area contributed by atoms with Crippen molar-refractivity contribution in [1.82, 2.24) is 0 Å². The van der Waals surface area contributed by atoms with E-state index in [0.717, 1.165) is 0 Å². The van der Waals surface area contributed by atoms with E-state index in [9.17, 15) is 0 Å². The summed E-state index contributed by atoms with van der Waals surface area (Å²) < 4.78 is 16.1. The van der Waals surface area contributed by atoms with Crippen molar-refractivity contribution in [3.63, 3.8) is 0 Å². The summed E-state index contributed by atoms with van der Waals surface area (Å²) in [6, 6.07) is 5.40. The molecular formula is C14H23NO3. The lowest BCUT2D eigenvalue weighted by Crippen LogP contribution is -2.40. The van der Waals surface area contributed by atoms with Gasteiger partial charge in [0.05, 0.1) is 14.2 Å². The molecule has 0 bridgehead atoms. The number of methoxy groups -OCH3 is 2. The minimum absolute atomic E-state index is 0.0168. The van der Waals surface area contributed by atoms with Crippen LogP contribution >= 0.6 is 0 Å². The molecule has 0 spiro atoms. The molecule has 1 unspecified atom stereocenters. The van der Waals surface area contributed by atoms with Gasteiger partial charge in [0.25, 0.3) is 0 Å². The van der Waals surface area contributed by atoms with Crippen LogP contribution in [0.3, 0.4) is 0 Å². The summed E-state index contributed by atoms with van der Waals surface area (Å²) in [7, 11) is 3.22. The average molecular weight is 253 g/mol. The van der Waals surface area contributed by atoms with E-state index in [2.05, 4.69) is 20.8 Å². The molecule has 0 amide bonds. The van der Waals surface area contributed by atoms with E-state index in [1.807, 2.05) is 12.1 Å². The molecule has 0 radical (unpaired) electrons. The molecule has 1 aromatic carbocycles. The lowest BCUT2D eigenvalue weighted by molar-refractivity contribution is 0.204. The fourth-order valence-electron chi connectivity index (χ4n) is 1.30. The first-order chi connectivity index (χ1) is 8.36. The van der Waals surface area contributed by atoms with E-state index in [4.69, 9.17) is 19.9 Å². The van der Waals surface area contributed by atoms with Crippen LogP contribution in [0.4, 0.5) is 0 Å². The Morgan fingerprint density at radius 2 is 1.44 bits per heavy atom. The first kappa shape index (κ1) is 14.6. The largest absolute Gasteiger partial charge is 0.496 e. The summed E-state index contributed by atoms with van der Waals surface area (Å²) in [5.74, 6) is 2.10. The summed E-state index contributed by atoms with van der Waals surface area (Å²) in [5, 5.41) is 0. The number of rotatable bonds is 5.